The number of hydrogen-bond donors (Lipinski definition) is 2. The number of para-hydroxylation sites is 2. The van der Waals surface area contributed by atoms with Crippen molar-refractivity contribution in [3.63, 3.8) is 0 Å². The Morgan fingerprint density at radius 2 is 1.78 bits per heavy atom. The third kappa shape index (κ3) is 2.53. The zero-order valence-corrected chi connectivity index (χ0v) is 10.4. The second kappa shape index (κ2) is 5.67. The standard InChI is InChI=1S/C15H17NO2/c1-11-5-4-7-12(9-16)15(11)18-14-8-3-2-6-13(14)10-17/h2-8,17H,9-10,16H2,1H3. The van der Waals surface area contributed by atoms with Crippen molar-refractivity contribution in [1.29, 1.82) is 0 Å². The number of nitrogens with two attached hydrogens (primary N) is 1. The van der Waals surface area contributed by atoms with Gasteiger partial charge < -0.3 is 15.6 Å². The quantitative estimate of drug-likeness (QED) is 0.868. The summed E-state index contributed by atoms with van der Waals surface area (Å²) >= 11 is 0. The van der Waals surface area contributed by atoms with Crippen molar-refractivity contribution in [1.82, 2.24) is 0 Å². The molecule has 3 N–H and O–H groups in total. The molecule has 3 nitrogen and oxygen atoms in total. The molecule has 0 aliphatic carbocycles. The topological polar surface area (TPSA) is 55.5 Å². The van der Waals surface area contributed by atoms with Gasteiger partial charge in [0.2, 0.25) is 0 Å². The van der Waals surface area contributed by atoms with Crippen LogP contribution in [0.1, 0.15) is 16.7 Å². The Morgan fingerprint density at radius 3 is 2.50 bits per heavy atom. The molecule has 0 aliphatic heterocycles. The maximum atomic E-state index is 9.29. The van der Waals surface area contributed by atoms with Crippen LogP contribution in [0.2, 0.25) is 0 Å². The van der Waals surface area contributed by atoms with E-state index in [0.717, 1.165) is 22.4 Å². The molecule has 0 fully saturated rings. The van der Waals surface area contributed by atoms with Crippen LogP contribution in [0.5, 0.6) is 11.5 Å². The summed E-state index contributed by atoms with van der Waals surface area (Å²) in [5.41, 5.74) is 8.48. The van der Waals surface area contributed by atoms with E-state index in [0.29, 0.717) is 12.3 Å². The normalized spacial score (nSPS) is 10.4. The largest absolute Gasteiger partial charge is 0.456 e. The Labute approximate surface area is 107 Å². The molecule has 0 amide bonds. The fourth-order valence-electron chi connectivity index (χ4n) is 1.86. The molecule has 18 heavy (non-hydrogen) atoms. The van der Waals surface area contributed by atoms with Gasteiger partial charge in [0.1, 0.15) is 11.5 Å². The molecular formula is C15H17NO2. The number of aliphatic hydroxyl groups excluding tert-OH is 1. The van der Waals surface area contributed by atoms with Gasteiger partial charge in [-0.05, 0) is 18.6 Å². The van der Waals surface area contributed by atoms with E-state index in [1.54, 1.807) is 0 Å². The fraction of sp³-hybridized carbons (Fsp3) is 0.200. The first kappa shape index (κ1) is 12.6. The lowest BCUT2D eigenvalue weighted by atomic mass is 10.1. The van der Waals surface area contributed by atoms with Crippen LogP contribution < -0.4 is 10.5 Å². The predicted octanol–water partition coefficient (Wildman–Crippen LogP) is 2.74. The minimum atomic E-state index is -0.0417. The van der Waals surface area contributed by atoms with Crippen LogP contribution >= 0.6 is 0 Å². The molecule has 0 unspecified atom stereocenters. The lowest BCUT2D eigenvalue weighted by molar-refractivity contribution is 0.276. The molecule has 0 saturated heterocycles. The summed E-state index contributed by atoms with van der Waals surface area (Å²) in [5.74, 6) is 1.45. The number of aliphatic hydroxyl groups is 1. The zero-order valence-electron chi connectivity index (χ0n) is 10.4. The fourth-order valence-corrected chi connectivity index (χ4v) is 1.86. The molecule has 2 aromatic rings. The number of ether oxygens (including phenoxy) is 1. The molecule has 0 aliphatic rings. The molecule has 0 heterocycles. The van der Waals surface area contributed by atoms with E-state index in [1.807, 2.05) is 49.4 Å². The summed E-state index contributed by atoms with van der Waals surface area (Å²) in [6, 6.07) is 13.3. The highest BCUT2D eigenvalue weighted by atomic mass is 16.5. The monoisotopic (exact) mass is 243 g/mol. The average Bonchev–Trinajstić information content (AvgIpc) is 2.41. The lowest BCUT2D eigenvalue weighted by Crippen LogP contribution is -2.01. The lowest BCUT2D eigenvalue weighted by Gasteiger charge is -2.14. The molecule has 3 heteroatoms. The van der Waals surface area contributed by atoms with Crippen molar-refractivity contribution in [2.75, 3.05) is 0 Å². The van der Waals surface area contributed by atoms with Crippen molar-refractivity contribution in [3.05, 3.63) is 59.2 Å². The molecule has 0 spiro atoms. The van der Waals surface area contributed by atoms with Gasteiger partial charge in [0.05, 0.1) is 6.61 Å². The third-order valence-electron chi connectivity index (χ3n) is 2.87. The van der Waals surface area contributed by atoms with E-state index in [2.05, 4.69) is 0 Å². The first-order chi connectivity index (χ1) is 8.76. The van der Waals surface area contributed by atoms with Crippen molar-refractivity contribution < 1.29 is 9.84 Å². The number of benzene rings is 2. The molecule has 0 saturated carbocycles. The molecule has 0 radical (unpaired) electrons. The van der Waals surface area contributed by atoms with E-state index in [1.165, 1.54) is 0 Å². The Balaban J connectivity index is 2.39. The summed E-state index contributed by atoms with van der Waals surface area (Å²) in [5, 5.41) is 9.29. The minimum absolute atomic E-state index is 0.0417. The smallest absolute Gasteiger partial charge is 0.134 e. The van der Waals surface area contributed by atoms with Crippen LogP contribution in [0, 0.1) is 6.92 Å². The number of hydrogen-bond acceptors (Lipinski definition) is 3. The van der Waals surface area contributed by atoms with Crippen LogP contribution in [0.15, 0.2) is 42.5 Å². The number of aryl methyl sites for hydroxylation is 1. The molecule has 2 aromatic carbocycles. The number of rotatable bonds is 4. The Kier molecular flexibility index (Phi) is 3.97. The summed E-state index contributed by atoms with van der Waals surface area (Å²) in [4.78, 5) is 0. The van der Waals surface area contributed by atoms with Gasteiger partial charge in [-0.1, -0.05) is 36.4 Å². The van der Waals surface area contributed by atoms with Crippen LogP contribution in [-0.2, 0) is 13.2 Å². The van der Waals surface area contributed by atoms with E-state index < -0.39 is 0 Å². The van der Waals surface area contributed by atoms with E-state index in [-0.39, 0.29) is 6.61 Å². The minimum Gasteiger partial charge on any atom is -0.456 e. The van der Waals surface area contributed by atoms with Crippen LogP contribution in [0.25, 0.3) is 0 Å². The second-order valence-corrected chi connectivity index (χ2v) is 4.14. The van der Waals surface area contributed by atoms with E-state index in [4.69, 9.17) is 10.5 Å². The van der Waals surface area contributed by atoms with Gasteiger partial charge in [-0.25, -0.2) is 0 Å². The summed E-state index contributed by atoms with van der Waals surface area (Å²) in [6.07, 6.45) is 0. The van der Waals surface area contributed by atoms with Crippen molar-refractivity contribution in [2.45, 2.75) is 20.1 Å². The predicted molar refractivity (Wildman–Crippen MR) is 71.5 cm³/mol. The average molecular weight is 243 g/mol. The Bertz CT molecular complexity index is 538. The van der Waals surface area contributed by atoms with Gasteiger partial charge >= 0.3 is 0 Å². The summed E-state index contributed by atoms with van der Waals surface area (Å²) in [7, 11) is 0. The van der Waals surface area contributed by atoms with Crippen LogP contribution in [-0.4, -0.2) is 5.11 Å². The van der Waals surface area contributed by atoms with Gasteiger partial charge in [0.25, 0.3) is 0 Å². The van der Waals surface area contributed by atoms with E-state index >= 15 is 0 Å². The van der Waals surface area contributed by atoms with Crippen LogP contribution in [0.3, 0.4) is 0 Å². The Morgan fingerprint density at radius 1 is 1.06 bits per heavy atom. The summed E-state index contributed by atoms with van der Waals surface area (Å²) < 4.78 is 5.91. The van der Waals surface area contributed by atoms with Crippen molar-refractivity contribution in [2.24, 2.45) is 5.73 Å². The molecule has 2 rings (SSSR count). The van der Waals surface area contributed by atoms with Gasteiger partial charge in [0.15, 0.2) is 0 Å². The molecule has 0 aromatic heterocycles. The van der Waals surface area contributed by atoms with Crippen molar-refractivity contribution >= 4 is 0 Å². The van der Waals surface area contributed by atoms with Gasteiger partial charge in [-0.3, -0.25) is 0 Å². The molecule has 0 bridgehead atoms. The highest BCUT2D eigenvalue weighted by molar-refractivity contribution is 5.45. The second-order valence-electron chi connectivity index (χ2n) is 4.14. The van der Waals surface area contributed by atoms with E-state index in [9.17, 15) is 5.11 Å². The highest BCUT2D eigenvalue weighted by Crippen LogP contribution is 2.30. The van der Waals surface area contributed by atoms with Gasteiger partial charge in [0, 0.05) is 17.7 Å². The maximum absolute atomic E-state index is 9.29. The molecule has 94 valence electrons. The SMILES string of the molecule is Cc1cccc(CN)c1Oc1ccccc1CO. The maximum Gasteiger partial charge on any atom is 0.134 e. The first-order valence-electron chi connectivity index (χ1n) is 5.91. The highest BCUT2D eigenvalue weighted by Gasteiger charge is 2.09. The first-order valence-corrected chi connectivity index (χ1v) is 5.91. The molecular weight excluding hydrogens is 226 g/mol. The third-order valence-corrected chi connectivity index (χ3v) is 2.87. The van der Waals surface area contributed by atoms with Crippen molar-refractivity contribution in [3.8, 4) is 11.5 Å². The Hall–Kier alpha value is -1.84. The van der Waals surface area contributed by atoms with Crippen LogP contribution in [0.4, 0.5) is 0 Å². The van der Waals surface area contributed by atoms with Gasteiger partial charge in [-0.2, -0.15) is 0 Å². The van der Waals surface area contributed by atoms with Gasteiger partial charge in [-0.15, -0.1) is 0 Å². The summed E-state index contributed by atoms with van der Waals surface area (Å²) in [6.45, 7) is 2.37. The molecule has 0 atom stereocenters. The zero-order chi connectivity index (χ0) is 13.0.